The Bertz CT molecular complexity index is 1030. The lowest BCUT2D eigenvalue weighted by molar-refractivity contribution is 0.0959. The molecule has 3 rings (SSSR count). The fourth-order valence-corrected chi connectivity index (χ4v) is 4.38. The number of rotatable bonds is 6. The average molecular weight is 435 g/mol. The van der Waals surface area contributed by atoms with Crippen LogP contribution in [-0.4, -0.2) is 17.7 Å². The topological polar surface area (TPSA) is 50.7 Å². The van der Waals surface area contributed by atoms with Gasteiger partial charge in [0.15, 0.2) is 0 Å². The van der Waals surface area contributed by atoms with Crippen molar-refractivity contribution in [1.82, 2.24) is 5.43 Å². The summed E-state index contributed by atoms with van der Waals surface area (Å²) in [6, 6.07) is 13.0. The number of hydrogen-bond donors (Lipinski definition) is 1. The second kappa shape index (κ2) is 8.95. The molecule has 0 saturated heterocycles. The number of fused-ring (bicyclic) bond motifs is 1. The summed E-state index contributed by atoms with van der Waals surface area (Å²) in [7, 11) is 0. The number of ether oxygens (including phenoxy) is 1. The van der Waals surface area contributed by atoms with Gasteiger partial charge in [-0.1, -0.05) is 36.2 Å². The van der Waals surface area contributed by atoms with Crippen LogP contribution < -0.4 is 10.2 Å². The first kappa shape index (κ1) is 20.6. The molecule has 3 aromatic rings. The standard InChI is InChI=1S/C21H20Cl2N2O2S/c1-4-17(13-5-8-15(9-6-13)27-12(2)3)24-25-21(26)20-19(23)16-10-7-14(22)11-18(16)28-20/h5-12H,4H2,1-3H3,(H,25,26). The molecule has 1 heterocycles. The number of benzene rings is 2. The van der Waals surface area contributed by atoms with Gasteiger partial charge in [0.1, 0.15) is 10.6 Å². The first-order chi connectivity index (χ1) is 13.4. The fraction of sp³-hybridized carbons (Fsp3) is 0.238. The van der Waals surface area contributed by atoms with Crippen LogP contribution in [0.4, 0.5) is 0 Å². The van der Waals surface area contributed by atoms with Crippen molar-refractivity contribution in [2.24, 2.45) is 5.10 Å². The minimum absolute atomic E-state index is 0.116. The zero-order valence-electron chi connectivity index (χ0n) is 15.8. The van der Waals surface area contributed by atoms with Crippen LogP contribution in [0.3, 0.4) is 0 Å². The van der Waals surface area contributed by atoms with Crippen molar-refractivity contribution in [2.45, 2.75) is 33.3 Å². The Morgan fingerprint density at radius 1 is 1.18 bits per heavy atom. The van der Waals surface area contributed by atoms with Gasteiger partial charge in [0.05, 0.1) is 16.8 Å². The number of halogens is 2. The second-order valence-corrected chi connectivity index (χ2v) is 8.30. The predicted octanol–water partition coefficient (Wildman–Crippen LogP) is 6.54. The molecule has 28 heavy (non-hydrogen) atoms. The van der Waals surface area contributed by atoms with E-state index < -0.39 is 0 Å². The lowest BCUT2D eigenvalue weighted by atomic mass is 10.1. The van der Waals surface area contributed by atoms with E-state index in [0.717, 1.165) is 27.1 Å². The molecule has 1 amide bonds. The maximum atomic E-state index is 12.6. The SMILES string of the molecule is CCC(=NNC(=O)c1sc2cc(Cl)ccc2c1Cl)c1ccc(OC(C)C)cc1. The van der Waals surface area contributed by atoms with Crippen molar-refractivity contribution < 1.29 is 9.53 Å². The minimum Gasteiger partial charge on any atom is -0.491 e. The molecular weight excluding hydrogens is 415 g/mol. The van der Waals surface area contributed by atoms with Crippen LogP contribution in [0.15, 0.2) is 47.6 Å². The summed E-state index contributed by atoms with van der Waals surface area (Å²) in [5, 5.41) is 6.13. The molecule has 0 bridgehead atoms. The molecule has 0 saturated carbocycles. The highest BCUT2D eigenvalue weighted by Gasteiger charge is 2.17. The van der Waals surface area contributed by atoms with E-state index in [1.165, 1.54) is 11.3 Å². The molecule has 0 aliphatic heterocycles. The van der Waals surface area contributed by atoms with E-state index in [9.17, 15) is 4.79 Å². The van der Waals surface area contributed by atoms with Crippen LogP contribution in [0.5, 0.6) is 5.75 Å². The van der Waals surface area contributed by atoms with Crippen LogP contribution in [0, 0.1) is 0 Å². The number of nitrogens with one attached hydrogen (secondary N) is 1. The Morgan fingerprint density at radius 3 is 2.54 bits per heavy atom. The first-order valence-electron chi connectivity index (χ1n) is 8.90. The highest BCUT2D eigenvalue weighted by atomic mass is 35.5. The number of amides is 1. The van der Waals surface area contributed by atoms with E-state index in [1.54, 1.807) is 12.1 Å². The van der Waals surface area contributed by atoms with Crippen LogP contribution in [-0.2, 0) is 0 Å². The third-order valence-electron chi connectivity index (χ3n) is 3.98. The van der Waals surface area contributed by atoms with Crippen LogP contribution >= 0.6 is 34.5 Å². The van der Waals surface area contributed by atoms with E-state index in [0.29, 0.717) is 21.3 Å². The Kier molecular flexibility index (Phi) is 6.60. The highest BCUT2D eigenvalue weighted by Crippen LogP contribution is 2.36. The zero-order chi connectivity index (χ0) is 20.3. The van der Waals surface area contributed by atoms with E-state index in [2.05, 4.69) is 10.5 Å². The summed E-state index contributed by atoms with van der Waals surface area (Å²) in [6.45, 7) is 5.95. The highest BCUT2D eigenvalue weighted by molar-refractivity contribution is 7.21. The summed E-state index contributed by atoms with van der Waals surface area (Å²) in [5.74, 6) is 0.460. The third kappa shape index (κ3) is 4.66. The average Bonchev–Trinajstić information content (AvgIpc) is 2.98. The maximum absolute atomic E-state index is 12.6. The van der Waals surface area contributed by atoms with Gasteiger partial charge in [-0.3, -0.25) is 4.79 Å². The Balaban J connectivity index is 1.79. The summed E-state index contributed by atoms with van der Waals surface area (Å²) in [6.07, 6.45) is 0.783. The van der Waals surface area contributed by atoms with Gasteiger partial charge in [0, 0.05) is 15.1 Å². The molecule has 0 unspecified atom stereocenters. The van der Waals surface area contributed by atoms with E-state index >= 15 is 0 Å². The largest absolute Gasteiger partial charge is 0.491 e. The van der Waals surface area contributed by atoms with Gasteiger partial charge >= 0.3 is 0 Å². The molecule has 4 nitrogen and oxygen atoms in total. The van der Waals surface area contributed by atoms with E-state index in [1.807, 2.05) is 51.1 Å². The van der Waals surface area contributed by atoms with Gasteiger partial charge in [-0.15, -0.1) is 11.3 Å². The van der Waals surface area contributed by atoms with Gasteiger partial charge in [-0.2, -0.15) is 5.10 Å². The quantitative estimate of drug-likeness (QED) is 0.353. The van der Waals surface area contributed by atoms with Gasteiger partial charge in [0.2, 0.25) is 0 Å². The molecule has 2 aromatic carbocycles. The van der Waals surface area contributed by atoms with Crippen molar-refractivity contribution >= 4 is 56.2 Å². The first-order valence-corrected chi connectivity index (χ1v) is 10.5. The molecular formula is C21H20Cl2N2O2S. The smallest absolute Gasteiger partial charge is 0.283 e. The lowest BCUT2D eigenvalue weighted by Gasteiger charge is -2.10. The number of nitrogens with zero attached hydrogens (tertiary/aromatic N) is 1. The maximum Gasteiger partial charge on any atom is 0.283 e. The summed E-state index contributed by atoms with van der Waals surface area (Å²) in [4.78, 5) is 13.0. The zero-order valence-corrected chi connectivity index (χ0v) is 18.1. The lowest BCUT2D eigenvalue weighted by Crippen LogP contribution is -2.19. The molecule has 0 aliphatic carbocycles. The van der Waals surface area contributed by atoms with Crippen molar-refractivity contribution in [2.75, 3.05) is 0 Å². The third-order valence-corrected chi connectivity index (χ3v) is 5.88. The molecule has 0 aliphatic rings. The van der Waals surface area contributed by atoms with Crippen molar-refractivity contribution in [1.29, 1.82) is 0 Å². The second-order valence-electron chi connectivity index (χ2n) is 6.43. The van der Waals surface area contributed by atoms with Crippen molar-refractivity contribution in [3.8, 4) is 5.75 Å². The van der Waals surface area contributed by atoms with Gasteiger partial charge < -0.3 is 4.74 Å². The Morgan fingerprint density at radius 2 is 1.89 bits per heavy atom. The Labute approximate surface area is 178 Å². The number of hydrogen-bond acceptors (Lipinski definition) is 4. The summed E-state index contributed by atoms with van der Waals surface area (Å²) in [5.41, 5.74) is 4.31. The van der Waals surface area contributed by atoms with Crippen LogP contribution in [0.1, 0.15) is 42.4 Å². The number of thiophene rings is 1. The van der Waals surface area contributed by atoms with Gasteiger partial charge in [0.25, 0.3) is 5.91 Å². The normalized spacial score (nSPS) is 11.9. The summed E-state index contributed by atoms with van der Waals surface area (Å²) >= 11 is 13.7. The predicted molar refractivity (Wildman–Crippen MR) is 118 cm³/mol. The number of carbonyl (C=O) groups excluding carboxylic acids is 1. The molecule has 1 N–H and O–H groups in total. The molecule has 1 aromatic heterocycles. The van der Waals surface area contributed by atoms with Gasteiger partial charge in [-0.25, -0.2) is 5.43 Å². The van der Waals surface area contributed by atoms with E-state index in [4.69, 9.17) is 27.9 Å². The molecule has 0 spiro atoms. The fourth-order valence-electron chi connectivity index (χ4n) is 2.70. The molecule has 0 fully saturated rings. The molecule has 0 atom stereocenters. The van der Waals surface area contributed by atoms with Crippen molar-refractivity contribution in [3.63, 3.8) is 0 Å². The van der Waals surface area contributed by atoms with Gasteiger partial charge in [-0.05, 0) is 62.2 Å². The minimum atomic E-state index is -0.340. The van der Waals surface area contributed by atoms with Crippen LogP contribution in [0.2, 0.25) is 10.0 Å². The van der Waals surface area contributed by atoms with Crippen molar-refractivity contribution in [3.05, 3.63) is 63.0 Å². The monoisotopic (exact) mass is 434 g/mol. The molecule has 0 radical (unpaired) electrons. The number of carbonyl (C=O) groups is 1. The molecule has 7 heteroatoms. The molecule has 146 valence electrons. The van der Waals surface area contributed by atoms with Crippen LogP contribution in [0.25, 0.3) is 10.1 Å². The Hall–Kier alpha value is -2.08. The number of hydrazone groups is 1. The van der Waals surface area contributed by atoms with E-state index in [-0.39, 0.29) is 12.0 Å². The summed E-state index contributed by atoms with van der Waals surface area (Å²) < 4.78 is 6.52.